The first-order valence-corrected chi connectivity index (χ1v) is 5.22. The molecule has 0 radical (unpaired) electrons. The smallest absolute Gasteiger partial charge is 0.171 e. The average molecular weight is 182 g/mol. The van der Waals surface area contributed by atoms with Crippen LogP contribution >= 0.6 is 0 Å². The van der Waals surface area contributed by atoms with Crippen molar-refractivity contribution < 1.29 is 13.2 Å². The summed E-state index contributed by atoms with van der Waals surface area (Å²) in [7, 11) is 1.06. The van der Waals surface area contributed by atoms with Gasteiger partial charge >= 0.3 is 6.18 Å². The van der Waals surface area contributed by atoms with Gasteiger partial charge in [0.2, 0.25) is 0 Å². The third-order valence-electron chi connectivity index (χ3n) is 2.48. The van der Waals surface area contributed by atoms with Crippen molar-refractivity contribution in [2.45, 2.75) is 37.4 Å². The van der Waals surface area contributed by atoms with Gasteiger partial charge < -0.3 is 0 Å². The molecule has 1 saturated carbocycles. The molecule has 0 spiro atoms. The van der Waals surface area contributed by atoms with Crippen LogP contribution in [0.4, 0.5) is 13.2 Å². The minimum absolute atomic E-state index is 0.373. The molecule has 1 fully saturated rings. The molecule has 0 aromatic heterocycles. The van der Waals surface area contributed by atoms with Gasteiger partial charge in [-0.3, -0.25) is 0 Å². The van der Waals surface area contributed by atoms with E-state index < -0.39 is 12.1 Å². The largest absolute Gasteiger partial charge is 0.391 e. The number of rotatable bonds is 0. The molecular formula is C7H13F3Si. The van der Waals surface area contributed by atoms with E-state index in [2.05, 4.69) is 0 Å². The number of alkyl halides is 3. The molecule has 0 aromatic carbocycles. The molecule has 1 rings (SSSR count). The molecule has 0 saturated heterocycles. The zero-order chi connectivity index (χ0) is 8.48. The van der Waals surface area contributed by atoms with Crippen molar-refractivity contribution in [3.63, 3.8) is 0 Å². The second-order valence-corrected chi connectivity index (χ2v) is 5.13. The molecule has 0 N–H and O–H groups in total. The summed E-state index contributed by atoms with van der Waals surface area (Å²) in [6.07, 6.45) is -1.58. The third kappa shape index (κ3) is 2.50. The maximum absolute atomic E-state index is 12.1. The van der Waals surface area contributed by atoms with Gasteiger partial charge in [-0.15, -0.1) is 0 Å². The predicted molar refractivity (Wildman–Crippen MR) is 41.7 cm³/mol. The summed E-state index contributed by atoms with van der Waals surface area (Å²) in [6, 6.07) is 0. The number of hydrogen-bond acceptors (Lipinski definition) is 0. The van der Waals surface area contributed by atoms with Crippen LogP contribution in [0.25, 0.3) is 0 Å². The van der Waals surface area contributed by atoms with Crippen molar-refractivity contribution in [3.8, 4) is 0 Å². The molecule has 0 bridgehead atoms. The Balaban J connectivity index is 2.39. The monoisotopic (exact) mass is 182 g/mol. The fourth-order valence-electron chi connectivity index (χ4n) is 1.59. The van der Waals surface area contributed by atoms with Crippen LogP contribution < -0.4 is 0 Å². The van der Waals surface area contributed by atoms with E-state index in [1.165, 1.54) is 0 Å². The van der Waals surface area contributed by atoms with Gasteiger partial charge in [0.25, 0.3) is 0 Å². The van der Waals surface area contributed by atoms with Gasteiger partial charge in [-0.2, -0.15) is 13.2 Å². The minimum atomic E-state index is -3.93. The molecule has 0 atom stereocenters. The van der Waals surface area contributed by atoms with E-state index >= 15 is 0 Å². The molecule has 0 amide bonds. The maximum atomic E-state index is 12.1. The number of halogens is 3. The van der Waals surface area contributed by atoms with E-state index in [0.29, 0.717) is 18.4 Å². The summed E-state index contributed by atoms with van der Waals surface area (Å²) in [4.78, 5) is 0. The summed E-state index contributed by atoms with van der Waals surface area (Å²) >= 11 is 0. The van der Waals surface area contributed by atoms with E-state index in [4.69, 9.17) is 0 Å². The van der Waals surface area contributed by atoms with Gasteiger partial charge in [-0.1, -0.05) is 18.4 Å². The maximum Gasteiger partial charge on any atom is 0.391 e. The van der Waals surface area contributed by atoms with Crippen LogP contribution in [0.2, 0.25) is 5.54 Å². The molecule has 0 heterocycles. The third-order valence-corrected chi connectivity index (χ3v) is 3.63. The van der Waals surface area contributed by atoms with E-state index in [1.54, 1.807) is 0 Å². The van der Waals surface area contributed by atoms with Crippen molar-refractivity contribution in [3.05, 3.63) is 0 Å². The lowest BCUT2D eigenvalue weighted by molar-refractivity contribution is -0.181. The average Bonchev–Trinajstić information content (AvgIpc) is 1.86. The molecule has 1 aliphatic rings. The van der Waals surface area contributed by atoms with E-state index in [-0.39, 0.29) is 0 Å². The van der Waals surface area contributed by atoms with Crippen molar-refractivity contribution in [2.24, 2.45) is 5.92 Å². The summed E-state index contributed by atoms with van der Waals surface area (Å²) in [5.74, 6) is -0.993. The van der Waals surface area contributed by atoms with Crippen LogP contribution in [0.3, 0.4) is 0 Å². The van der Waals surface area contributed by atoms with Crippen LogP contribution in [-0.2, 0) is 0 Å². The Morgan fingerprint density at radius 3 is 1.82 bits per heavy atom. The molecular weight excluding hydrogens is 169 g/mol. The Morgan fingerprint density at radius 1 is 1.00 bits per heavy atom. The molecule has 0 nitrogen and oxygen atoms in total. The van der Waals surface area contributed by atoms with Gasteiger partial charge in [0.05, 0.1) is 5.92 Å². The molecule has 0 unspecified atom stereocenters. The van der Waals surface area contributed by atoms with E-state index in [0.717, 1.165) is 23.1 Å². The molecule has 11 heavy (non-hydrogen) atoms. The fourth-order valence-corrected chi connectivity index (χ4v) is 2.25. The van der Waals surface area contributed by atoms with Gasteiger partial charge in [0.1, 0.15) is 0 Å². The molecule has 4 heteroatoms. The predicted octanol–water partition coefficient (Wildman–Crippen LogP) is 1.89. The van der Waals surface area contributed by atoms with Gasteiger partial charge in [0, 0.05) is 10.2 Å². The van der Waals surface area contributed by atoms with Crippen LogP contribution in [0.1, 0.15) is 25.7 Å². The summed E-state index contributed by atoms with van der Waals surface area (Å²) in [6.45, 7) is 0. The highest BCUT2D eigenvalue weighted by atomic mass is 28.1. The zero-order valence-corrected chi connectivity index (χ0v) is 8.62. The molecule has 0 aliphatic heterocycles. The van der Waals surface area contributed by atoms with E-state index in [1.807, 2.05) is 0 Å². The highest BCUT2D eigenvalue weighted by Gasteiger charge is 2.40. The Bertz CT molecular complexity index is 124. The summed E-state index contributed by atoms with van der Waals surface area (Å²) in [5, 5.41) is 0. The highest BCUT2D eigenvalue weighted by molar-refractivity contribution is 6.11. The van der Waals surface area contributed by atoms with E-state index in [9.17, 15) is 13.2 Å². The number of hydrogen-bond donors (Lipinski definition) is 0. The fraction of sp³-hybridized carbons (Fsp3) is 1.00. The molecule has 1 aliphatic carbocycles. The Morgan fingerprint density at radius 2 is 1.45 bits per heavy atom. The first-order valence-electron chi connectivity index (χ1n) is 4.07. The quantitative estimate of drug-likeness (QED) is 0.502. The summed E-state index contributed by atoms with van der Waals surface area (Å²) < 4.78 is 36.2. The normalized spacial score (nSPS) is 34.1. The highest BCUT2D eigenvalue weighted by Crippen LogP contribution is 2.40. The minimum Gasteiger partial charge on any atom is -0.171 e. The molecule has 66 valence electrons. The lowest BCUT2D eigenvalue weighted by Gasteiger charge is -2.27. The van der Waals surface area contributed by atoms with Crippen molar-refractivity contribution >= 4 is 10.2 Å². The Hall–Kier alpha value is 0.00688. The van der Waals surface area contributed by atoms with Crippen molar-refractivity contribution in [1.29, 1.82) is 0 Å². The second-order valence-electron chi connectivity index (χ2n) is 3.50. The van der Waals surface area contributed by atoms with Gasteiger partial charge in [0.15, 0.2) is 0 Å². The first kappa shape index (κ1) is 9.10. The van der Waals surface area contributed by atoms with Crippen molar-refractivity contribution in [1.82, 2.24) is 0 Å². The second kappa shape index (κ2) is 3.17. The topological polar surface area (TPSA) is 0 Å². The Kier molecular flexibility index (Phi) is 2.62. The van der Waals surface area contributed by atoms with Crippen LogP contribution in [0.5, 0.6) is 0 Å². The van der Waals surface area contributed by atoms with Crippen LogP contribution in [0, 0.1) is 5.92 Å². The van der Waals surface area contributed by atoms with Gasteiger partial charge in [-0.25, -0.2) is 0 Å². The summed E-state index contributed by atoms with van der Waals surface area (Å²) in [5.41, 5.74) is 0.633. The Labute approximate surface area is 67.6 Å². The SMILES string of the molecule is FC(F)(F)C1CCC([SiH3])CC1. The lowest BCUT2D eigenvalue weighted by atomic mass is 9.88. The standard InChI is InChI=1S/C7H13F3Si/c8-7(9,10)5-1-3-6(11)4-2-5/h5-6H,1-4H2,11H3. The molecule has 0 aromatic rings. The van der Waals surface area contributed by atoms with Crippen molar-refractivity contribution in [2.75, 3.05) is 0 Å². The van der Waals surface area contributed by atoms with Gasteiger partial charge in [-0.05, 0) is 12.8 Å². The van der Waals surface area contributed by atoms with Crippen LogP contribution in [0.15, 0.2) is 0 Å². The zero-order valence-electron chi connectivity index (χ0n) is 6.62. The lowest BCUT2D eigenvalue weighted by Crippen LogP contribution is -2.26. The first-order chi connectivity index (χ1) is 5.00. The van der Waals surface area contributed by atoms with Crippen LogP contribution in [-0.4, -0.2) is 16.4 Å².